The van der Waals surface area contributed by atoms with Gasteiger partial charge in [-0.1, -0.05) is 24.3 Å². The Labute approximate surface area is 166 Å². The van der Waals surface area contributed by atoms with Crippen LogP contribution < -0.4 is 4.74 Å². The second kappa shape index (κ2) is 9.13. The smallest absolute Gasteiger partial charge is 0.310 e. The summed E-state index contributed by atoms with van der Waals surface area (Å²) >= 11 is 0. The van der Waals surface area contributed by atoms with Crippen molar-refractivity contribution in [3.8, 4) is 5.75 Å². The van der Waals surface area contributed by atoms with Gasteiger partial charge in [-0.15, -0.1) is 0 Å². The molecule has 1 aliphatic rings. The van der Waals surface area contributed by atoms with E-state index in [2.05, 4.69) is 0 Å². The molecule has 1 aliphatic heterocycles. The van der Waals surface area contributed by atoms with Crippen molar-refractivity contribution >= 4 is 17.5 Å². The van der Waals surface area contributed by atoms with Gasteiger partial charge < -0.3 is 14.5 Å². The van der Waals surface area contributed by atoms with E-state index in [1.54, 1.807) is 17.0 Å². The zero-order valence-corrected chi connectivity index (χ0v) is 15.6. The number of halogens is 1. The van der Waals surface area contributed by atoms with Crippen LogP contribution in [0.25, 0.3) is 0 Å². The monoisotopic (exact) mass is 401 g/mol. The molecule has 2 amide bonds. The van der Waals surface area contributed by atoms with Crippen LogP contribution in [-0.2, 0) is 4.79 Å². The van der Waals surface area contributed by atoms with E-state index >= 15 is 0 Å². The first-order valence-electron chi connectivity index (χ1n) is 9.15. The molecule has 0 aliphatic carbocycles. The van der Waals surface area contributed by atoms with Gasteiger partial charge in [-0.05, 0) is 24.6 Å². The minimum Gasteiger partial charge on any atom is -0.477 e. The fourth-order valence-corrected chi connectivity index (χ4v) is 3.14. The minimum absolute atomic E-state index is 0.00648. The number of nitro groups is 1. The molecule has 0 aromatic heterocycles. The third-order valence-corrected chi connectivity index (χ3v) is 4.65. The van der Waals surface area contributed by atoms with Crippen LogP contribution in [0, 0.1) is 15.9 Å². The molecule has 1 heterocycles. The van der Waals surface area contributed by atoms with Crippen LogP contribution in [0.3, 0.4) is 0 Å². The lowest BCUT2D eigenvalue weighted by Gasteiger charge is -2.22. The number of rotatable bonds is 5. The fraction of sp³-hybridized carbons (Fsp3) is 0.300. The molecule has 2 aromatic rings. The SMILES string of the molecule is O=C(COc1ccccc1[N+](=O)[O-])N1CCCN(C(=O)c2ccccc2F)CC1. The van der Waals surface area contributed by atoms with Gasteiger partial charge in [0.05, 0.1) is 10.5 Å². The van der Waals surface area contributed by atoms with E-state index in [0.717, 1.165) is 0 Å². The van der Waals surface area contributed by atoms with Gasteiger partial charge in [-0.25, -0.2) is 4.39 Å². The van der Waals surface area contributed by atoms with Crippen LogP contribution >= 0.6 is 0 Å². The van der Waals surface area contributed by atoms with Crippen molar-refractivity contribution in [2.24, 2.45) is 0 Å². The predicted molar refractivity (Wildman–Crippen MR) is 102 cm³/mol. The Morgan fingerprint density at radius 1 is 1.00 bits per heavy atom. The first kappa shape index (κ1) is 20.2. The number of nitrogens with zero attached hydrogens (tertiary/aromatic N) is 3. The van der Waals surface area contributed by atoms with Crippen molar-refractivity contribution in [3.63, 3.8) is 0 Å². The summed E-state index contributed by atoms with van der Waals surface area (Å²) in [5, 5.41) is 11.0. The van der Waals surface area contributed by atoms with Gasteiger partial charge in [-0.3, -0.25) is 19.7 Å². The van der Waals surface area contributed by atoms with Crippen molar-refractivity contribution in [3.05, 3.63) is 70.0 Å². The zero-order valence-electron chi connectivity index (χ0n) is 15.6. The molecule has 1 fully saturated rings. The second-order valence-corrected chi connectivity index (χ2v) is 6.52. The largest absolute Gasteiger partial charge is 0.477 e. The second-order valence-electron chi connectivity index (χ2n) is 6.52. The summed E-state index contributed by atoms with van der Waals surface area (Å²) in [4.78, 5) is 38.5. The van der Waals surface area contributed by atoms with Gasteiger partial charge in [0.1, 0.15) is 5.82 Å². The lowest BCUT2D eigenvalue weighted by molar-refractivity contribution is -0.385. The van der Waals surface area contributed by atoms with Crippen molar-refractivity contribution in [1.82, 2.24) is 9.80 Å². The molecule has 0 spiro atoms. The molecule has 0 atom stereocenters. The molecular weight excluding hydrogens is 381 g/mol. The maximum atomic E-state index is 13.9. The van der Waals surface area contributed by atoms with Crippen LogP contribution in [0.4, 0.5) is 10.1 Å². The number of para-hydroxylation sites is 2. The molecule has 1 saturated heterocycles. The average Bonchev–Trinajstić information content (AvgIpc) is 2.98. The molecular formula is C20H20FN3O5. The van der Waals surface area contributed by atoms with Crippen LogP contribution in [0.2, 0.25) is 0 Å². The first-order chi connectivity index (χ1) is 14.0. The van der Waals surface area contributed by atoms with Crippen LogP contribution in [0.15, 0.2) is 48.5 Å². The Bertz CT molecular complexity index is 920. The molecule has 0 saturated carbocycles. The number of carbonyl (C=O) groups is 2. The van der Waals surface area contributed by atoms with Gasteiger partial charge in [0, 0.05) is 32.2 Å². The van der Waals surface area contributed by atoms with E-state index in [9.17, 15) is 24.1 Å². The minimum atomic E-state index is -0.576. The topological polar surface area (TPSA) is 93.0 Å². The summed E-state index contributed by atoms with van der Waals surface area (Å²) in [6, 6.07) is 11.6. The number of amides is 2. The number of benzene rings is 2. The van der Waals surface area contributed by atoms with E-state index in [-0.39, 0.29) is 42.6 Å². The normalized spacial score (nSPS) is 14.2. The highest BCUT2D eigenvalue weighted by Crippen LogP contribution is 2.25. The van der Waals surface area contributed by atoms with Crippen LogP contribution in [-0.4, -0.2) is 59.3 Å². The zero-order chi connectivity index (χ0) is 20.8. The summed E-state index contributed by atoms with van der Waals surface area (Å²) in [7, 11) is 0. The maximum Gasteiger partial charge on any atom is 0.310 e. The lowest BCUT2D eigenvalue weighted by atomic mass is 10.2. The van der Waals surface area contributed by atoms with E-state index in [4.69, 9.17) is 4.74 Å². The van der Waals surface area contributed by atoms with Crippen molar-refractivity contribution in [2.45, 2.75) is 6.42 Å². The Kier molecular flexibility index (Phi) is 6.38. The fourth-order valence-electron chi connectivity index (χ4n) is 3.14. The van der Waals surface area contributed by atoms with E-state index in [0.29, 0.717) is 19.5 Å². The highest BCUT2D eigenvalue weighted by Gasteiger charge is 2.25. The number of hydrogen-bond acceptors (Lipinski definition) is 5. The van der Waals surface area contributed by atoms with Gasteiger partial charge in [0.25, 0.3) is 11.8 Å². The molecule has 0 unspecified atom stereocenters. The lowest BCUT2D eigenvalue weighted by Crippen LogP contribution is -2.39. The molecule has 0 radical (unpaired) electrons. The Morgan fingerprint density at radius 2 is 1.66 bits per heavy atom. The summed E-state index contributed by atoms with van der Waals surface area (Å²) in [5.41, 5.74) is -0.204. The molecule has 3 rings (SSSR count). The quantitative estimate of drug-likeness (QED) is 0.567. The standard InChI is InChI=1S/C20H20FN3O5/c21-16-7-2-1-6-15(16)20(26)23-11-5-10-22(12-13-23)19(25)14-29-18-9-4-3-8-17(18)24(27)28/h1-4,6-9H,5,10-14H2. The molecule has 9 heteroatoms. The first-order valence-corrected chi connectivity index (χ1v) is 9.15. The summed E-state index contributed by atoms with van der Waals surface area (Å²) in [6.07, 6.45) is 0.539. The van der Waals surface area contributed by atoms with Crippen LogP contribution in [0.1, 0.15) is 16.8 Å². The van der Waals surface area contributed by atoms with E-state index in [1.165, 1.54) is 41.3 Å². The van der Waals surface area contributed by atoms with Crippen LogP contribution in [0.5, 0.6) is 5.75 Å². The molecule has 0 bridgehead atoms. The molecule has 8 nitrogen and oxygen atoms in total. The summed E-state index contributed by atoms with van der Waals surface area (Å²) in [6.45, 7) is 1.03. The Morgan fingerprint density at radius 3 is 2.41 bits per heavy atom. The van der Waals surface area contributed by atoms with E-state index < -0.39 is 16.6 Å². The third kappa shape index (κ3) is 4.87. The van der Waals surface area contributed by atoms with Crippen molar-refractivity contribution in [1.29, 1.82) is 0 Å². The van der Waals surface area contributed by atoms with Gasteiger partial charge in [0.15, 0.2) is 12.4 Å². The Balaban J connectivity index is 1.58. The predicted octanol–water partition coefficient (Wildman–Crippen LogP) is 2.49. The number of ether oxygens (including phenoxy) is 1. The van der Waals surface area contributed by atoms with Crippen molar-refractivity contribution < 1.29 is 23.6 Å². The van der Waals surface area contributed by atoms with Gasteiger partial charge >= 0.3 is 5.69 Å². The maximum absolute atomic E-state index is 13.9. The number of carbonyl (C=O) groups excluding carboxylic acids is 2. The molecule has 2 aromatic carbocycles. The van der Waals surface area contributed by atoms with Gasteiger partial charge in [0.2, 0.25) is 0 Å². The summed E-state index contributed by atoms with van der Waals surface area (Å²) < 4.78 is 19.2. The molecule has 0 N–H and O–H groups in total. The summed E-state index contributed by atoms with van der Waals surface area (Å²) in [5.74, 6) is -1.29. The highest BCUT2D eigenvalue weighted by molar-refractivity contribution is 5.94. The van der Waals surface area contributed by atoms with Crippen molar-refractivity contribution in [2.75, 3.05) is 32.8 Å². The highest BCUT2D eigenvalue weighted by atomic mass is 19.1. The third-order valence-electron chi connectivity index (χ3n) is 4.65. The number of hydrogen-bond donors (Lipinski definition) is 0. The number of nitro benzene ring substituents is 1. The molecule has 152 valence electrons. The van der Waals surface area contributed by atoms with Gasteiger partial charge in [-0.2, -0.15) is 0 Å². The Hall–Kier alpha value is -3.49. The average molecular weight is 401 g/mol. The molecule has 29 heavy (non-hydrogen) atoms. The van der Waals surface area contributed by atoms with E-state index in [1.807, 2.05) is 0 Å².